The molecule has 0 spiro atoms. The molecule has 2 aliphatic rings. The van der Waals surface area contributed by atoms with Crippen LogP contribution in [0.3, 0.4) is 0 Å². The quantitative estimate of drug-likeness (QED) is 0.0594. The number of morpholine rings is 2. The first-order valence-corrected chi connectivity index (χ1v) is 22.1. The van der Waals surface area contributed by atoms with Gasteiger partial charge >= 0.3 is 0 Å². The SMILES string of the molecule is O=S(=O)(O)c1c(C=Cc2ccc(Nc3nc(Nc4ccccc4)nc(N4CCOCC4)n3)cc2)ccc(Nc2nc(Nc3ccccc3)nc(N3CCOCC3)n2)c1S(=O)(=O)O. The molecule has 0 bridgehead atoms. The second kappa shape index (κ2) is 18.4. The van der Waals surface area contributed by atoms with Gasteiger partial charge in [-0.25, -0.2) is 0 Å². The Morgan fingerprint density at radius 3 is 1.34 bits per heavy atom. The van der Waals surface area contributed by atoms with Crippen molar-refractivity contribution in [3.63, 3.8) is 0 Å². The maximum atomic E-state index is 13.0. The van der Waals surface area contributed by atoms with Crippen molar-refractivity contribution in [1.82, 2.24) is 29.9 Å². The minimum atomic E-state index is -5.32. The summed E-state index contributed by atoms with van der Waals surface area (Å²) >= 11 is 0. The topological polar surface area (TPSA) is 259 Å². The van der Waals surface area contributed by atoms with E-state index in [0.29, 0.717) is 81.4 Å². The lowest BCUT2D eigenvalue weighted by molar-refractivity contribution is 0.122. The number of rotatable bonds is 14. The van der Waals surface area contributed by atoms with Gasteiger partial charge in [-0.1, -0.05) is 66.7 Å². The van der Waals surface area contributed by atoms with Crippen molar-refractivity contribution >= 4 is 90.8 Å². The fourth-order valence-corrected chi connectivity index (χ4v) is 8.67. The van der Waals surface area contributed by atoms with Crippen LogP contribution in [0.4, 0.5) is 58.4 Å². The van der Waals surface area contributed by atoms with E-state index < -0.39 is 35.7 Å². The molecule has 2 aromatic heterocycles. The number of nitrogens with zero attached hydrogens (tertiary/aromatic N) is 8. The van der Waals surface area contributed by atoms with E-state index >= 15 is 0 Å². The highest BCUT2D eigenvalue weighted by atomic mass is 32.2. The number of aromatic nitrogens is 6. The van der Waals surface area contributed by atoms with Crippen LogP contribution < -0.4 is 31.1 Å². The maximum Gasteiger partial charge on any atom is 0.298 e. The van der Waals surface area contributed by atoms with Gasteiger partial charge in [-0.05, 0) is 53.6 Å². The lowest BCUT2D eigenvalue weighted by atomic mass is 10.1. The third kappa shape index (κ3) is 10.5. The van der Waals surface area contributed by atoms with E-state index in [-0.39, 0.29) is 29.4 Å². The first-order chi connectivity index (χ1) is 29.9. The van der Waals surface area contributed by atoms with Crippen LogP contribution in [-0.2, 0) is 29.7 Å². The Balaban J connectivity index is 1.07. The van der Waals surface area contributed by atoms with Crippen LogP contribution in [0.5, 0.6) is 0 Å². The Morgan fingerprint density at radius 2 is 0.903 bits per heavy atom. The molecule has 4 heterocycles. The van der Waals surface area contributed by atoms with Crippen molar-refractivity contribution in [2.75, 3.05) is 83.7 Å². The first kappa shape index (κ1) is 41.9. The minimum Gasteiger partial charge on any atom is -0.378 e. The van der Waals surface area contributed by atoms with Gasteiger partial charge in [0.05, 0.1) is 32.1 Å². The number of benzene rings is 4. The van der Waals surface area contributed by atoms with Gasteiger partial charge in [0, 0.05) is 43.2 Å². The Kier molecular flexibility index (Phi) is 12.5. The lowest BCUT2D eigenvalue weighted by Gasteiger charge is -2.27. The summed E-state index contributed by atoms with van der Waals surface area (Å²) in [4.78, 5) is 28.9. The molecule has 2 aliphatic heterocycles. The standard InChI is InChI=1S/C40H40N12O8S2/c53-61(54,55)33-28(14-11-27-12-16-31(17-13-27)43-37-45-35(41-29-7-3-1-4-8-29)47-39(49-37)51-19-23-59-24-20-51)15-18-32(34(33)62(56,57)58)44-38-46-36(42-30-9-5-2-6-10-30)48-40(50-38)52-21-25-60-26-22-52/h1-18H,19-26H2,(H,53,54,55)(H,56,57,58)(H2,41,43,45,47,49)(H2,42,44,46,48,50). The van der Waals surface area contributed by atoms with E-state index in [1.807, 2.05) is 58.3 Å². The predicted octanol–water partition coefficient (Wildman–Crippen LogP) is 5.37. The van der Waals surface area contributed by atoms with Crippen molar-refractivity contribution in [3.05, 3.63) is 108 Å². The lowest BCUT2D eigenvalue weighted by Crippen LogP contribution is -2.37. The van der Waals surface area contributed by atoms with E-state index in [4.69, 9.17) is 9.47 Å². The second-order valence-electron chi connectivity index (χ2n) is 13.8. The van der Waals surface area contributed by atoms with Gasteiger partial charge in [-0.2, -0.15) is 46.7 Å². The average molecular weight is 881 g/mol. The van der Waals surface area contributed by atoms with Gasteiger partial charge in [0.1, 0.15) is 9.79 Å². The molecule has 0 radical (unpaired) electrons. The highest BCUT2D eigenvalue weighted by molar-refractivity contribution is 7.89. The summed E-state index contributed by atoms with van der Waals surface area (Å²) in [5, 5.41) is 12.2. The molecule has 0 aliphatic carbocycles. The number of hydrogen-bond donors (Lipinski definition) is 6. The molecule has 8 rings (SSSR count). The van der Waals surface area contributed by atoms with Gasteiger partial charge < -0.3 is 40.5 Å². The first-order valence-electron chi connectivity index (χ1n) is 19.2. The Bertz CT molecular complexity index is 2780. The Labute approximate surface area is 356 Å². The molecule has 320 valence electrons. The second-order valence-corrected chi connectivity index (χ2v) is 16.5. The molecule has 0 amide bonds. The van der Waals surface area contributed by atoms with Crippen LogP contribution >= 0.6 is 0 Å². The zero-order chi connectivity index (χ0) is 43.1. The molecule has 0 saturated carbocycles. The maximum absolute atomic E-state index is 13.0. The molecule has 20 nitrogen and oxygen atoms in total. The molecule has 2 saturated heterocycles. The molecule has 6 aromatic rings. The summed E-state index contributed by atoms with van der Waals surface area (Å²) in [5.74, 6) is 1.23. The number of para-hydroxylation sites is 2. The van der Waals surface area contributed by atoms with Gasteiger partial charge in [0.2, 0.25) is 35.7 Å². The third-order valence-electron chi connectivity index (χ3n) is 9.42. The van der Waals surface area contributed by atoms with Gasteiger partial charge in [0.15, 0.2) is 0 Å². The Hall–Kier alpha value is -6.82. The fraction of sp³-hybridized carbons (Fsp3) is 0.200. The number of ether oxygens (including phenoxy) is 2. The van der Waals surface area contributed by atoms with Crippen LogP contribution in [-0.4, -0.2) is 108 Å². The summed E-state index contributed by atoms with van der Waals surface area (Å²) in [6.07, 6.45) is 2.81. The van der Waals surface area contributed by atoms with E-state index in [0.717, 1.165) is 5.69 Å². The van der Waals surface area contributed by atoms with Gasteiger partial charge in [0.25, 0.3) is 20.2 Å². The van der Waals surface area contributed by atoms with Crippen LogP contribution in [0.1, 0.15) is 11.1 Å². The summed E-state index contributed by atoms with van der Waals surface area (Å²) in [7, 11) is -10.6. The number of hydrogen-bond acceptors (Lipinski definition) is 18. The molecule has 6 N–H and O–H groups in total. The highest BCUT2D eigenvalue weighted by Crippen LogP contribution is 2.35. The van der Waals surface area contributed by atoms with Crippen molar-refractivity contribution in [3.8, 4) is 0 Å². The predicted molar refractivity (Wildman–Crippen MR) is 233 cm³/mol. The van der Waals surface area contributed by atoms with Crippen molar-refractivity contribution in [1.29, 1.82) is 0 Å². The number of anilines is 10. The smallest absolute Gasteiger partial charge is 0.298 e. The molecule has 62 heavy (non-hydrogen) atoms. The zero-order valence-electron chi connectivity index (χ0n) is 32.8. The summed E-state index contributed by atoms with van der Waals surface area (Å²) in [6.45, 7) is 4.07. The Morgan fingerprint density at radius 1 is 0.484 bits per heavy atom. The van der Waals surface area contributed by atoms with E-state index in [9.17, 15) is 25.9 Å². The molecule has 2 fully saturated rings. The van der Waals surface area contributed by atoms with E-state index in [1.54, 1.807) is 36.4 Å². The van der Waals surface area contributed by atoms with E-state index in [1.165, 1.54) is 24.3 Å². The van der Waals surface area contributed by atoms with Crippen molar-refractivity contribution in [2.24, 2.45) is 0 Å². The average Bonchev–Trinajstić information content (AvgIpc) is 3.27. The molecule has 22 heteroatoms. The van der Waals surface area contributed by atoms with Crippen molar-refractivity contribution < 1.29 is 35.4 Å². The molecule has 4 aromatic carbocycles. The third-order valence-corrected chi connectivity index (χ3v) is 11.4. The normalized spacial score (nSPS) is 14.7. The van der Waals surface area contributed by atoms with Crippen LogP contribution in [0.15, 0.2) is 107 Å². The summed E-state index contributed by atoms with van der Waals surface area (Å²) in [6, 6.07) is 27.9. The van der Waals surface area contributed by atoms with Crippen molar-refractivity contribution in [2.45, 2.75) is 9.79 Å². The molecule has 0 unspecified atom stereocenters. The van der Waals surface area contributed by atoms with Gasteiger partial charge in [-0.15, -0.1) is 0 Å². The fourth-order valence-electron chi connectivity index (χ4n) is 6.51. The van der Waals surface area contributed by atoms with E-state index in [2.05, 4.69) is 51.2 Å². The molecular formula is C40H40N12O8S2. The molecule has 0 atom stereocenters. The molecular weight excluding hydrogens is 841 g/mol. The highest BCUT2D eigenvalue weighted by Gasteiger charge is 2.31. The van der Waals surface area contributed by atoms with Crippen LogP contribution in [0.25, 0.3) is 12.2 Å². The summed E-state index contributed by atoms with van der Waals surface area (Å²) in [5.41, 5.74) is 1.98. The number of nitrogens with one attached hydrogen (secondary N) is 4. The zero-order valence-corrected chi connectivity index (χ0v) is 34.4. The van der Waals surface area contributed by atoms with Crippen LogP contribution in [0, 0.1) is 0 Å². The minimum absolute atomic E-state index is 0.0928. The van der Waals surface area contributed by atoms with Gasteiger partial charge in [-0.3, -0.25) is 9.11 Å². The van der Waals surface area contributed by atoms with Crippen LogP contribution in [0.2, 0.25) is 0 Å². The summed E-state index contributed by atoms with van der Waals surface area (Å²) < 4.78 is 83.6. The monoisotopic (exact) mass is 880 g/mol. The largest absolute Gasteiger partial charge is 0.378 e.